The van der Waals surface area contributed by atoms with Crippen molar-refractivity contribution < 1.29 is 14.7 Å². The first-order valence-corrected chi connectivity index (χ1v) is 6.52. The van der Waals surface area contributed by atoms with Crippen LogP contribution in [-0.2, 0) is 4.79 Å². The van der Waals surface area contributed by atoms with Gasteiger partial charge in [-0.15, -0.1) is 0 Å². The Morgan fingerprint density at radius 3 is 2.50 bits per heavy atom. The molecule has 0 unspecified atom stereocenters. The number of hydrogen-bond acceptors (Lipinski definition) is 3. The van der Waals surface area contributed by atoms with Crippen LogP contribution in [0.1, 0.15) is 26.7 Å². The molecule has 0 aromatic rings. The van der Waals surface area contributed by atoms with Gasteiger partial charge in [0.2, 0.25) is 0 Å². The molecule has 0 saturated carbocycles. The molecule has 1 heterocycles. The Labute approximate surface area is 108 Å². The molecule has 0 aliphatic carbocycles. The van der Waals surface area contributed by atoms with Crippen molar-refractivity contribution in [3.63, 3.8) is 0 Å². The van der Waals surface area contributed by atoms with Crippen LogP contribution in [0.3, 0.4) is 0 Å². The molecule has 1 fully saturated rings. The number of nitrogens with zero attached hydrogens (tertiary/aromatic N) is 1. The Hall–Kier alpha value is -1.30. The fourth-order valence-electron chi connectivity index (χ4n) is 2.05. The number of urea groups is 1. The van der Waals surface area contributed by atoms with E-state index in [4.69, 9.17) is 5.11 Å². The highest BCUT2D eigenvalue weighted by Crippen LogP contribution is 2.15. The number of piperidine rings is 1. The fraction of sp³-hybridized carbons (Fsp3) is 0.833. The van der Waals surface area contributed by atoms with E-state index in [1.165, 1.54) is 6.92 Å². The van der Waals surface area contributed by atoms with E-state index in [2.05, 4.69) is 22.5 Å². The Morgan fingerprint density at radius 2 is 2.00 bits per heavy atom. The molecular weight excluding hydrogens is 234 g/mol. The summed E-state index contributed by atoms with van der Waals surface area (Å²) in [6.07, 6.45) is 2.17. The average molecular weight is 257 g/mol. The lowest BCUT2D eigenvalue weighted by atomic mass is 9.97. The zero-order valence-corrected chi connectivity index (χ0v) is 11.1. The number of hydrogen-bond donors (Lipinski definition) is 3. The van der Waals surface area contributed by atoms with Crippen LogP contribution in [0.4, 0.5) is 4.79 Å². The van der Waals surface area contributed by atoms with Crippen LogP contribution in [0.2, 0.25) is 0 Å². The molecule has 18 heavy (non-hydrogen) atoms. The third kappa shape index (κ3) is 4.91. The molecule has 1 atom stereocenters. The van der Waals surface area contributed by atoms with Gasteiger partial charge in [0, 0.05) is 6.54 Å². The number of aliphatic carboxylic acids is 1. The van der Waals surface area contributed by atoms with Crippen LogP contribution < -0.4 is 10.6 Å². The van der Waals surface area contributed by atoms with Gasteiger partial charge in [0.15, 0.2) is 0 Å². The Morgan fingerprint density at radius 1 is 1.39 bits per heavy atom. The third-order valence-corrected chi connectivity index (χ3v) is 3.42. The molecule has 1 aliphatic heterocycles. The summed E-state index contributed by atoms with van der Waals surface area (Å²) < 4.78 is 0. The first-order valence-electron chi connectivity index (χ1n) is 6.52. The summed E-state index contributed by atoms with van der Waals surface area (Å²) in [5.74, 6) is -0.528. The zero-order valence-electron chi connectivity index (χ0n) is 11.1. The number of carboxylic acid groups (broad SMARTS) is 1. The zero-order chi connectivity index (χ0) is 13.5. The number of carbonyl (C=O) groups is 2. The van der Waals surface area contributed by atoms with E-state index in [1.807, 2.05) is 0 Å². The van der Waals surface area contributed by atoms with Crippen LogP contribution in [-0.4, -0.2) is 54.2 Å². The van der Waals surface area contributed by atoms with Gasteiger partial charge in [0.05, 0.1) is 0 Å². The molecule has 1 aliphatic rings. The lowest BCUT2D eigenvalue weighted by Crippen LogP contribution is -2.46. The topological polar surface area (TPSA) is 81.7 Å². The molecule has 0 aromatic carbocycles. The van der Waals surface area contributed by atoms with Crippen LogP contribution >= 0.6 is 0 Å². The quantitative estimate of drug-likeness (QED) is 0.669. The van der Waals surface area contributed by atoms with Crippen LogP contribution in [0, 0.1) is 5.92 Å². The SMILES string of the molecule is CCN1CCC(CNC(=O)N[C@H](C)C(=O)O)CC1. The second-order valence-electron chi connectivity index (χ2n) is 4.79. The summed E-state index contributed by atoms with van der Waals surface area (Å²) >= 11 is 0. The Balaban J connectivity index is 2.17. The summed E-state index contributed by atoms with van der Waals surface area (Å²) in [5, 5.41) is 13.8. The second kappa shape index (κ2) is 7.20. The highest BCUT2D eigenvalue weighted by molar-refractivity contribution is 5.82. The van der Waals surface area contributed by atoms with Gasteiger partial charge in [-0.25, -0.2) is 4.79 Å². The number of nitrogens with one attached hydrogen (secondary N) is 2. The lowest BCUT2D eigenvalue weighted by molar-refractivity contribution is -0.138. The van der Waals surface area contributed by atoms with Crippen molar-refractivity contribution in [2.24, 2.45) is 5.92 Å². The monoisotopic (exact) mass is 257 g/mol. The predicted molar refractivity (Wildman–Crippen MR) is 68.5 cm³/mol. The minimum atomic E-state index is -1.03. The first kappa shape index (κ1) is 14.8. The molecule has 104 valence electrons. The Kier molecular flexibility index (Phi) is 5.91. The van der Waals surface area contributed by atoms with Crippen molar-refractivity contribution in [1.29, 1.82) is 0 Å². The van der Waals surface area contributed by atoms with E-state index in [0.29, 0.717) is 12.5 Å². The van der Waals surface area contributed by atoms with E-state index in [0.717, 1.165) is 32.5 Å². The van der Waals surface area contributed by atoms with E-state index in [9.17, 15) is 9.59 Å². The van der Waals surface area contributed by atoms with Crippen molar-refractivity contribution in [2.75, 3.05) is 26.2 Å². The minimum absolute atomic E-state index is 0.400. The van der Waals surface area contributed by atoms with Gasteiger partial charge in [-0.05, 0) is 45.3 Å². The fourth-order valence-corrected chi connectivity index (χ4v) is 2.05. The molecule has 1 saturated heterocycles. The number of rotatable bonds is 5. The second-order valence-corrected chi connectivity index (χ2v) is 4.79. The minimum Gasteiger partial charge on any atom is -0.480 e. The van der Waals surface area contributed by atoms with Crippen LogP contribution in [0.15, 0.2) is 0 Å². The summed E-state index contributed by atoms with van der Waals surface area (Å²) in [6, 6.07) is -1.25. The van der Waals surface area contributed by atoms with E-state index in [-0.39, 0.29) is 0 Å². The maximum atomic E-state index is 11.4. The summed E-state index contributed by atoms with van der Waals surface area (Å²) in [5.41, 5.74) is 0. The van der Waals surface area contributed by atoms with Crippen molar-refractivity contribution in [3.05, 3.63) is 0 Å². The molecule has 1 rings (SSSR count). The maximum absolute atomic E-state index is 11.4. The van der Waals surface area contributed by atoms with Gasteiger partial charge < -0.3 is 20.6 Å². The highest BCUT2D eigenvalue weighted by atomic mass is 16.4. The standard InChI is InChI=1S/C12H23N3O3/c1-3-15-6-4-10(5-7-15)8-13-12(18)14-9(2)11(16)17/h9-10H,3-8H2,1-2H3,(H,16,17)(H2,13,14,18)/t9-/m1/s1. The Bertz CT molecular complexity index is 288. The molecule has 6 heteroatoms. The summed E-state index contributed by atoms with van der Waals surface area (Å²) in [6.45, 7) is 7.46. The largest absolute Gasteiger partial charge is 0.480 e. The number of carboxylic acids is 1. The van der Waals surface area contributed by atoms with Gasteiger partial charge >= 0.3 is 12.0 Å². The molecule has 3 N–H and O–H groups in total. The van der Waals surface area contributed by atoms with Crippen molar-refractivity contribution in [3.8, 4) is 0 Å². The van der Waals surface area contributed by atoms with Crippen LogP contribution in [0.25, 0.3) is 0 Å². The summed E-state index contributed by atoms with van der Waals surface area (Å²) in [4.78, 5) is 24.4. The lowest BCUT2D eigenvalue weighted by Gasteiger charge is -2.31. The van der Waals surface area contributed by atoms with E-state index >= 15 is 0 Å². The smallest absolute Gasteiger partial charge is 0.325 e. The molecule has 6 nitrogen and oxygen atoms in total. The van der Waals surface area contributed by atoms with Gasteiger partial charge in [-0.1, -0.05) is 6.92 Å². The predicted octanol–water partition coefficient (Wildman–Crippen LogP) is 0.491. The molecule has 2 amide bonds. The van der Waals surface area contributed by atoms with E-state index < -0.39 is 18.0 Å². The third-order valence-electron chi connectivity index (χ3n) is 3.42. The molecule has 0 spiro atoms. The molecular formula is C12H23N3O3. The maximum Gasteiger partial charge on any atom is 0.325 e. The van der Waals surface area contributed by atoms with Gasteiger partial charge in [0.1, 0.15) is 6.04 Å². The number of carbonyl (C=O) groups excluding carboxylic acids is 1. The molecule has 0 radical (unpaired) electrons. The van der Waals surface area contributed by atoms with Crippen LogP contribution in [0.5, 0.6) is 0 Å². The summed E-state index contributed by atoms with van der Waals surface area (Å²) in [7, 11) is 0. The average Bonchev–Trinajstić information content (AvgIpc) is 2.36. The molecule has 0 bridgehead atoms. The molecule has 0 aromatic heterocycles. The van der Waals surface area contributed by atoms with Gasteiger partial charge in [-0.2, -0.15) is 0 Å². The van der Waals surface area contributed by atoms with Crippen molar-refractivity contribution in [2.45, 2.75) is 32.7 Å². The van der Waals surface area contributed by atoms with Crippen molar-refractivity contribution >= 4 is 12.0 Å². The number of amides is 2. The number of likely N-dealkylation sites (tertiary alicyclic amines) is 1. The van der Waals surface area contributed by atoms with Gasteiger partial charge in [0.25, 0.3) is 0 Å². The van der Waals surface area contributed by atoms with Crippen molar-refractivity contribution in [1.82, 2.24) is 15.5 Å². The normalized spacial score (nSPS) is 19.2. The van der Waals surface area contributed by atoms with E-state index in [1.54, 1.807) is 0 Å². The van der Waals surface area contributed by atoms with Gasteiger partial charge in [-0.3, -0.25) is 4.79 Å². The highest BCUT2D eigenvalue weighted by Gasteiger charge is 2.19. The first-order chi connectivity index (χ1) is 8.52.